The number of anilines is 1. The van der Waals surface area contributed by atoms with Crippen molar-refractivity contribution >= 4 is 15.7 Å². The van der Waals surface area contributed by atoms with Crippen molar-refractivity contribution in [3.63, 3.8) is 0 Å². The van der Waals surface area contributed by atoms with Crippen molar-refractivity contribution in [1.82, 2.24) is 4.72 Å². The summed E-state index contributed by atoms with van der Waals surface area (Å²) in [6.07, 6.45) is -4.29. The second-order valence-corrected chi connectivity index (χ2v) is 9.26. The third-order valence-electron chi connectivity index (χ3n) is 5.25. The van der Waals surface area contributed by atoms with Gasteiger partial charge in [0.25, 0.3) is 0 Å². The average molecular weight is 446 g/mol. The van der Waals surface area contributed by atoms with Crippen LogP contribution in [0.15, 0.2) is 83.8 Å². The molecule has 1 atom stereocenters. The van der Waals surface area contributed by atoms with Crippen molar-refractivity contribution in [1.29, 1.82) is 0 Å². The highest BCUT2D eigenvalue weighted by molar-refractivity contribution is 7.89. The third-order valence-corrected chi connectivity index (χ3v) is 6.78. The fourth-order valence-electron chi connectivity index (χ4n) is 3.85. The molecule has 3 aromatic carbocycles. The van der Waals surface area contributed by atoms with Crippen LogP contribution in [0.4, 0.5) is 18.9 Å². The van der Waals surface area contributed by atoms with Gasteiger partial charge in [0.2, 0.25) is 10.0 Å². The molecule has 0 radical (unpaired) electrons. The van der Waals surface area contributed by atoms with Crippen LogP contribution in [0.2, 0.25) is 0 Å². The van der Waals surface area contributed by atoms with Crippen LogP contribution < -0.4 is 9.62 Å². The topological polar surface area (TPSA) is 49.4 Å². The van der Waals surface area contributed by atoms with Crippen molar-refractivity contribution in [2.75, 3.05) is 11.4 Å². The van der Waals surface area contributed by atoms with E-state index >= 15 is 0 Å². The Morgan fingerprint density at radius 3 is 2.23 bits per heavy atom. The summed E-state index contributed by atoms with van der Waals surface area (Å²) in [5.74, 6) is 0. The Labute approximate surface area is 179 Å². The monoisotopic (exact) mass is 446 g/mol. The molecular weight excluding hydrogens is 425 g/mol. The van der Waals surface area contributed by atoms with E-state index in [0.717, 1.165) is 17.7 Å². The fourth-order valence-corrected chi connectivity index (χ4v) is 5.10. The summed E-state index contributed by atoms with van der Waals surface area (Å²) in [6.45, 7) is 0.808. The maximum absolute atomic E-state index is 13.3. The molecule has 1 heterocycles. The smallest absolute Gasteiger partial charge is 0.365 e. The second kappa shape index (κ2) is 8.36. The molecule has 4 nitrogen and oxygen atoms in total. The Hall–Kier alpha value is -2.84. The number of hydrogen-bond acceptors (Lipinski definition) is 3. The van der Waals surface area contributed by atoms with Gasteiger partial charge in [0, 0.05) is 24.8 Å². The normalized spacial score (nSPS) is 16.7. The van der Waals surface area contributed by atoms with Gasteiger partial charge in [0.15, 0.2) is 0 Å². The van der Waals surface area contributed by atoms with Gasteiger partial charge in [-0.2, -0.15) is 13.2 Å². The molecule has 0 spiro atoms. The molecule has 0 saturated heterocycles. The lowest BCUT2D eigenvalue weighted by Crippen LogP contribution is -2.48. The summed E-state index contributed by atoms with van der Waals surface area (Å²) in [5, 5.41) is 0. The van der Waals surface area contributed by atoms with Crippen molar-refractivity contribution in [3.8, 4) is 0 Å². The molecule has 31 heavy (non-hydrogen) atoms. The lowest BCUT2D eigenvalue weighted by atomic mass is 9.95. The third kappa shape index (κ3) is 4.91. The summed E-state index contributed by atoms with van der Waals surface area (Å²) in [4.78, 5) is 2.05. The van der Waals surface area contributed by atoms with Gasteiger partial charge in [-0.3, -0.25) is 0 Å². The largest absolute Gasteiger partial charge is 0.416 e. The van der Waals surface area contributed by atoms with E-state index in [0.29, 0.717) is 24.3 Å². The maximum Gasteiger partial charge on any atom is 0.416 e. The first-order valence-corrected chi connectivity index (χ1v) is 11.3. The van der Waals surface area contributed by atoms with Crippen molar-refractivity contribution < 1.29 is 21.6 Å². The van der Waals surface area contributed by atoms with Crippen molar-refractivity contribution in [2.45, 2.75) is 30.1 Å². The summed E-state index contributed by atoms with van der Waals surface area (Å²) in [5.41, 5.74) is 1.40. The minimum atomic E-state index is -4.46. The number of halogens is 3. The molecule has 0 aromatic heterocycles. The van der Waals surface area contributed by atoms with Crippen LogP contribution in [0.5, 0.6) is 0 Å². The molecule has 162 valence electrons. The highest BCUT2D eigenvalue weighted by atomic mass is 32.2. The van der Waals surface area contributed by atoms with Gasteiger partial charge < -0.3 is 4.90 Å². The number of hydrogen-bond donors (Lipinski definition) is 1. The summed E-state index contributed by atoms with van der Waals surface area (Å²) >= 11 is 0. The van der Waals surface area contributed by atoms with Crippen molar-refractivity contribution in [3.05, 3.63) is 95.6 Å². The molecule has 3 aromatic rings. The van der Waals surface area contributed by atoms with Gasteiger partial charge in [-0.1, -0.05) is 48.5 Å². The quantitative estimate of drug-likeness (QED) is 0.623. The zero-order chi connectivity index (χ0) is 22.1. The zero-order valence-corrected chi connectivity index (χ0v) is 17.3. The van der Waals surface area contributed by atoms with Crippen LogP contribution in [-0.2, 0) is 29.2 Å². The molecule has 1 aliphatic rings. The van der Waals surface area contributed by atoms with Crippen LogP contribution >= 0.6 is 0 Å². The maximum atomic E-state index is 13.3. The van der Waals surface area contributed by atoms with E-state index in [4.69, 9.17) is 0 Å². The van der Waals surface area contributed by atoms with Crippen LogP contribution in [0, 0.1) is 0 Å². The highest BCUT2D eigenvalue weighted by Gasteiger charge is 2.34. The predicted molar refractivity (Wildman–Crippen MR) is 113 cm³/mol. The molecule has 0 aliphatic carbocycles. The van der Waals surface area contributed by atoms with E-state index in [1.807, 2.05) is 35.2 Å². The molecule has 0 bridgehead atoms. The van der Waals surface area contributed by atoms with Crippen molar-refractivity contribution in [2.24, 2.45) is 0 Å². The molecular formula is C23H21F3N2O2S. The zero-order valence-electron chi connectivity index (χ0n) is 16.5. The molecule has 0 amide bonds. The van der Waals surface area contributed by atoms with Gasteiger partial charge >= 0.3 is 6.18 Å². The number of fused-ring (bicyclic) bond motifs is 1. The van der Waals surface area contributed by atoms with Gasteiger partial charge in [0.05, 0.1) is 10.5 Å². The Balaban J connectivity index is 1.66. The van der Waals surface area contributed by atoms with E-state index < -0.39 is 27.8 Å². The fraction of sp³-hybridized carbons (Fsp3) is 0.217. The molecule has 0 unspecified atom stereocenters. The second-order valence-electron chi connectivity index (χ2n) is 7.54. The lowest BCUT2D eigenvalue weighted by molar-refractivity contribution is -0.137. The molecule has 1 aliphatic heterocycles. The standard InChI is InChI=1S/C23H21F3N2O2S/c24-23(25,26)19-11-12-22-18(13-19)14-20(16-28(22)15-17-7-3-1-4-8-17)27-31(29,30)21-9-5-2-6-10-21/h1-13,20,27H,14-16H2/t20-/m1/s1. The van der Waals surface area contributed by atoms with E-state index in [1.165, 1.54) is 18.2 Å². The van der Waals surface area contributed by atoms with Gasteiger partial charge in [-0.25, -0.2) is 13.1 Å². The average Bonchev–Trinajstić information content (AvgIpc) is 2.74. The van der Waals surface area contributed by atoms with E-state index in [9.17, 15) is 21.6 Å². The Morgan fingerprint density at radius 1 is 0.935 bits per heavy atom. The van der Waals surface area contributed by atoms with E-state index in [1.54, 1.807) is 18.2 Å². The number of nitrogens with zero attached hydrogens (tertiary/aromatic N) is 1. The molecule has 8 heteroatoms. The predicted octanol–water partition coefficient (Wildman–Crippen LogP) is 4.62. The van der Waals surface area contributed by atoms with Crippen LogP contribution in [0.25, 0.3) is 0 Å². The first-order valence-electron chi connectivity index (χ1n) is 9.79. The number of benzene rings is 3. The molecule has 0 saturated carbocycles. The van der Waals surface area contributed by atoms with Crippen LogP contribution in [0.3, 0.4) is 0 Å². The summed E-state index contributed by atoms with van der Waals surface area (Å²) < 4.78 is 68.1. The summed E-state index contributed by atoms with van der Waals surface area (Å²) in [7, 11) is -3.80. The Morgan fingerprint density at radius 2 is 1.58 bits per heavy atom. The molecule has 1 N–H and O–H groups in total. The van der Waals surface area contributed by atoms with Gasteiger partial charge in [0.1, 0.15) is 0 Å². The van der Waals surface area contributed by atoms with E-state index in [-0.39, 0.29) is 11.3 Å². The summed E-state index contributed by atoms with van der Waals surface area (Å²) in [6, 6.07) is 20.6. The molecule has 4 rings (SSSR count). The van der Waals surface area contributed by atoms with E-state index in [2.05, 4.69) is 4.72 Å². The first kappa shape index (κ1) is 21.4. The SMILES string of the molecule is O=S(=O)(N[C@@H]1Cc2cc(C(F)(F)F)ccc2N(Cc2ccccc2)C1)c1ccccc1. The number of sulfonamides is 1. The number of nitrogens with one attached hydrogen (secondary N) is 1. The number of rotatable bonds is 5. The Bertz CT molecular complexity index is 1150. The highest BCUT2D eigenvalue weighted by Crippen LogP contribution is 2.36. The minimum Gasteiger partial charge on any atom is -0.365 e. The minimum absolute atomic E-state index is 0.124. The Kier molecular flexibility index (Phi) is 5.77. The number of alkyl halides is 3. The van der Waals surface area contributed by atoms with Crippen LogP contribution in [-0.4, -0.2) is 21.0 Å². The van der Waals surface area contributed by atoms with Gasteiger partial charge in [-0.15, -0.1) is 0 Å². The lowest BCUT2D eigenvalue weighted by Gasteiger charge is -2.37. The molecule has 0 fully saturated rings. The first-order chi connectivity index (χ1) is 14.7. The van der Waals surface area contributed by atoms with Crippen LogP contribution in [0.1, 0.15) is 16.7 Å². The van der Waals surface area contributed by atoms with Gasteiger partial charge in [-0.05, 0) is 47.9 Å².